The molecule has 2 heterocycles. The summed E-state index contributed by atoms with van der Waals surface area (Å²) >= 11 is 0. The average molecular weight is 568 g/mol. The van der Waals surface area contributed by atoms with Gasteiger partial charge in [0.1, 0.15) is 6.04 Å². The first-order valence-corrected chi connectivity index (χ1v) is 14.3. The van der Waals surface area contributed by atoms with E-state index in [0.29, 0.717) is 30.9 Å². The summed E-state index contributed by atoms with van der Waals surface area (Å²) in [6.45, 7) is 5.40. The molecule has 1 aromatic heterocycles. The van der Waals surface area contributed by atoms with E-state index in [1.54, 1.807) is 16.6 Å². The van der Waals surface area contributed by atoms with E-state index in [0.717, 1.165) is 59.2 Å². The van der Waals surface area contributed by atoms with Gasteiger partial charge in [-0.3, -0.25) is 9.59 Å². The summed E-state index contributed by atoms with van der Waals surface area (Å²) in [6.07, 6.45) is 3.61. The molecule has 42 heavy (non-hydrogen) atoms. The fourth-order valence-electron chi connectivity index (χ4n) is 6.45. The van der Waals surface area contributed by atoms with Crippen LogP contribution < -0.4 is 16.0 Å². The van der Waals surface area contributed by atoms with Crippen LogP contribution in [0.2, 0.25) is 0 Å². The van der Waals surface area contributed by atoms with Crippen molar-refractivity contribution in [2.75, 3.05) is 33.7 Å². The van der Waals surface area contributed by atoms with Gasteiger partial charge in [0.2, 0.25) is 5.91 Å². The number of benzene rings is 2. The Balaban J connectivity index is 1.59. The number of nitrogens with zero attached hydrogens (tertiary/aromatic N) is 6. The normalized spacial score (nSPS) is 19.3. The smallest absolute Gasteiger partial charge is 0.251 e. The summed E-state index contributed by atoms with van der Waals surface area (Å²) in [5, 5.41) is 31.4. The Labute approximate surface area is 246 Å². The Bertz CT molecular complexity index is 1490. The molecule has 2 amide bonds. The predicted molar refractivity (Wildman–Crippen MR) is 158 cm³/mol. The van der Waals surface area contributed by atoms with E-state index in [4.69, 9.17) is 0 Å². The number of likely N-dealkylation sites (tertiary alicyclic amines) is 1. The standard InChI is InChI=1S/C31H37N9O2/c1-20(33-2)21-9-11-26-22(16-21)7-8-23-17-24(29(42)34-3)10-12-27(23)31(26,30-36-37-38-39(30)4)13-14-35-19-28(41)40-15-5-6-25(40)18-32/h9-12,16-17,25,33,35H,1,5-8,13-15,19H2,2-4H3,(H,34,42)/t25-,31?/m0/s1. The lowest BCUT2D eigenvalue weighted by molar-refractivity contribution is -0.130. The second-order valence-electron chi connectivity index (χ2n) is 10.9. The topological polar surface area (TPSA) is 141 Å². The van der Waals surface area contributed by atoms with Crippen molar-refractivity contribution in [3.8, 4) is 6.07 Å². The van der Waals surface area contributed by atoms with Gasteiger partial charge in [0.05, 0.1) is 18.0 Å². The summed E-state index contributed by atoms with van der Waals surface area (Å²) in [4.78, 5) is 27.2. The average Bonchev–Trinajstić information content (AvgIpc) is 3.65. The van der Waals surface area contributed by atoms with Crippen molar-refractivity contribution < 1.29 is 9.59 Å². The highest BCUT2D eigenvalue weighted by Gasteiger charge is 2.45. The maximum absolute atomic E-state index is 13.0. The Hall–Kier alpha value is -4.56. The molecular weight excluding hydrogens is 530 g/mol. The van der Waals surface area contributed by atoms with Crippen LogP contribution >= 0.6 is 0 Å². The van der Waals surface area contributed by atoms with Crippen LogP contribution in [0.3, 0.4) is 0 Å². The first-order valence-electron chi connectivity index (χ1n) is 14.3. The van der Waals surface area contributed by atoms with Crippen molar-refractivity contribution in [2.24, 2.45) is 7.05 Å². The Morgan fingerprint density at radius 3 is 2.40 bits per heavy atom. The number of hydrogen-bond donors (Lipinski definition) is 3. The lowest BCUT2D eigenvalue weighted by atomic mass is 9.69. The third-order valence-electron chi connectivity index (χ3n) is 8.61. The maximum Gasteiger partial charge on any atom is 0.251 e. The van der Waals surface area contributed by atoms with E-state index in [-0.39, 0.29) is 24.4 Å². The van der Waals surface area contributed by atoms with Crippen LogP contribution in [0.5, 0.6) is 0 Å². The second kappa shape index (κ2) is 12.1. The third kappa shape index (κ3) is 5.14. The number of rotatable bonds is 9. The molecule has 0 radical (unpaired) electrons. The van der Waals surface area contributed by atoms with Crippen molar-refractivity contribution in [2.45, 2.75) is 43.6 Å². The molecule has 1 aliphatic heterocycles. The molecular formula is C31H37N9O2. The quantitative estimate of drug-likeness (QED) is 0.332. The second-order valence-corrected chi connectivity index (χ2v) is 10.9. The number of fused-ring (bicyclic) bond motifs is 2. The van der Waals surface area contributed by atoms with Crippen molar-refractivity contribution >= 4 is 17.5 Å². The molecule has 3 N–H and O–H groups in total. The van der Waals surface area contributed by atoms with Crippen LogP contribution in [0, 0.1) is 11.3 Å². The summed E-state index contributed by atoms with van der Waals surface area (Å²) in [6, 6.07) is 14.1. The molecule has 3 aromatic rings. The number of carbonyl (C=O) groups excluding carboxylic acids is 2. The van der Waals surface area contributed by atoms with E-state index < -0.39 is 5.41 Å². The monoisotopic (exact) mass is 567 g/mol. The van der Waals surface area contributed by atoms with Gasteiger partial charge in [-0.1, -0.05) is 24.8 Å². The van der Waals surface area contributed by atoms with Crippen molar-refractivity contribution in [3.63, 3.8) is 0 Å². The molecule has 2 atom stereocenters. The number of hydrogen-bond acceptors (Lipinski definition) is 8. The number of nitriles is 1. The van der Waals surface area contributed by atoms with Crippen LogP contribution in [-0.2, 0) is 30.1 Å². The molecule has 2 aromatic carbocycles. The first kappa shape index (κ1) is 29.0. The number of nitrogens with one attached hydrogen (secondary N) is 3. The van der Waals surface area contributed by atoms with Gasteiger partial charge in [0, 0.05) is 38.9 Å². The number of aryl methyl sites for hydroxylation is 3. The minimum absolute atomic E-state index is 0.0690. The van der Waals surface area contributed by atoms with Gasteiger partial charge in [-0.05, 0) is 95.1 Å². The molecule has 218 valence electrons. The van der Waals surface area contributed by atoms with Crippen LogP contribution in [0.15, 0.2) is 43.0 Å². The summed E-state index contributed by atoms with van der Waals surface area (Å²) in [5.41, 5.74) is 5.96. The zero-order chi connectivity index (χ0) is 29.9. The van der Waals surface area contributed by atoms with Gasteiger partial charge in [-0.2, -0.15) is 5.26 Å². The highest BCUT2D eigenvalue weighted by atomic mass is 16.2. The fourth-order valence-corrected chi connectivity index (χ4v) is 6.45. The van der Waals surface area contributed by atoms with E-state index in [2.05, 4.69) is 62.3 Å². The first-order chi connectivity index (χ1) is 20.3. The number of aromatic nitrogens is 4. The molecule has 1 aliphatic carbocycles. The third-order valence-corrected chi connectivity index (χ3v) is 8.61. The van der Waals surface area contributed by atoms with Crippen molar-refractivity contribution in [1.82, 2.24) is 41.1 Å². The molecule has 1 fully saturated rings. The molecule has 11 nitrogen and oxygen atoms in total. The van der Waals surface area contributed by atoms with Crippen molar-refractivity contribution in [1.29, 1.82) is 5.26 Å². The summed E-state index contributed by atoms with van der Waals surface area (Å²) in [7, 11) is 5.32. The van der Waals surface area contributed by atoms with E-state index in [1.165, 1.54) is 0 Å². The van der Waals surface area contributed by atoms with Gasteiger partial charge in [-0.25, -0.2) is 4.68 Å². The SMILES string of the molecule is C=C(NC)c1ccc2c(c1)CCc1cc(C(=O)NC)ccc1C2(CCNCC(=O)N1CCC[C@H]1C#N)c1nnnn1C. The van der Waals surface area contributed by atoms with Gasteiger partial charge in [0.25, 0.3) is 5.91 Å². The van der Waals surface area contributed by atoms with Crippen LogP contribution in [0.1, 0.15) is 63.3 Å². The van der Waals surface area contributed by atoms with E-state index in [9.17, 15) is 14.9 Å². The molecule has 1 saturated heterocycles. The van der Waals surface area contributed by atoms with Gasteiger partial charge in [0.15, 0.2) is 5.82 Å². The fraction of sp³-hybridized carbons (Fsp3) is 0.419. The molecule has 5 rings (SSSR count). The van der Waals surface area contributed by atoms with Gasteiger partial charge >= 0.3 is 0 Å². The summed E-state index contributed by atoms with van der Waals surface area (Å²) in [5.74, 6) is 0.466. The molecule has 11 heteroatoms. The predicted octanol–water partition coefficient (Wildman–Crippen LogP) is 1.69. The molecule has 1 unspecified atom stereocenters. The number of amides is 2. The van der Waals surface area contributed by atoms with Crippen LogP contribution in [0.4, 0.5) is 0 Å². The van der Waals surface area contributed by atoms with Crippen LogP contribution in [0.25, 0.3) is 5.70 Å². The molecule has 0 saturated carbocycles. The molecule has 0 spiro atoms. The van der Waals surface area contributed by atoms with Gasteiger partial charge in [-0.15, -0.1) is 5.10 Å². The van der Waals surface area contributed by atoms with Crippen LogP contribution in [-0.4, -0.2) is 76.7 Å². The highest BCUT2D eigenvalue weighted by Crippen LogP contribution is 2.46. The number of carbonyl (C=O) groups is 2. The zero-order valence-corrected chi connectivity index (χ0v) is 24.4. The minimum atomic E-state index is -0.765. The van der Waals surface area contributed by atoms with E-state index >= 15 is 0 Å². The van der Waals surface area contributed by atoms with Gasteiger partial charge < -0.3 is 20.9 Å². The Morgan fingerprint density at radius 2 is 1.79 bits per heavy atom. The number of tetrazole rings is 1. The lowest BCUT2D eigenvalue weighted by Gasteiger charge is -2.35. The maximum atomic E-state index is 13.0. The minimum Gasteiger partial charge on any atom is -0.388 e. The largest absolute Gasteiger partial charge is 0.388 e. The lowest BCUT2D eigenvalue weighted by Crippen LogP contribution is -2.42. The Kier molecular flexibility index (Phi) is 8.36. The molecule has 2 aliphatic rings. The molecule has 0 bridgehead atoms. The van der Waals surface area contributed by atoms with Crippen molar-refractivity contribution in [3.05, 3.63) is 82.2 Å². The Morgan fingerprint density at radius 1 is 1.10 bits per heavy atom. The zero-order valence-electron chi connectivity index (χ0n) is 24.4. The summed E-state index contributed by atoms with van der Waals surface area (Å²) < 4.78 is 1.71. The van der Waals surface area contributed by atoms with E-state index in [1.807, 2.05) is 32.3 Å². The highest BCUT2D eigenvalue weighted by molar-refractivity contribution is 5.94.